The molecular weight excluding hydrogens is 331 g/mol. The van der Waals surface area contributed by atoms with Gasteiger partial charge < -0.3 is 15.3 Å². The molecule has 1 amide bonds. The van der Waals surface area contributed by atoms with Crippen LogP contribution in [0.4, 0.5) is 4.39 Å². The molecule has 26 heavy (non-hydrogen) atoms. The number of amides is 1. The Kier molecular flexibility index (Phi) is 4.51. The Bertz CT molecular complexity index is 825. The van der Waals surface area contributed by atoms with E-state index in [4.69, 9.17) is 0 Å². The predicted molar refractivity (Wildman–Crippen MR) is 98.3 cm³/mol. The smallest absolute Gasteiger partial charge is 0.253 e. The number of carbonyl (C=O) groups is 1. The summed E-state index contributed by atoms with van der Waals surface area (Å²) >= 11 is 0. The van der Waals surface area contributed by atoms with Crippen LogP contribution < -0.4 is 5.32 Å². The maximum absolute atomic E-state index is 14.1. The number of hydrogen-bond acceptors (Lipinski definition) is 3. The van der Waals surface area contributed by atoms with Crippen LogP contribution >= 0.6 is 0 Å². The van der Waals surface area contributed by atoms with E-state index in [9.17, 15) is 14.3 Å². The molecule has 2 fully saturated rings. The number of piperidine rings is 2. The van der Waals surface area contributed by atoms with Crippen molar-refractivity contribution in [3.05, 3.63) is 59.9 Å². The molecule has 2 saturated heterocycles. The number of benzene rings is 2. The van der Waals surface area contributed by atoms with Crippen LogP contribution in [-0.2, 0) is 0 Å². The summed E-state index contributed by atoms with van der Waals surface area (Å²) in [7, 11) is 0. The third kappa shape index (κ3) is 3.13. The van der Waals surface area contributed by atoms with Crippen LogP contribution in [0.25, 0.3) is 11.1 Å². The van der Waals surface area contributed by atoms with Gasteiger partial charge in [-0.05, 0) is 43.1 Å². The maximum atomic E-state index is 14.1. The average molecular weight is 354 g/mol. The third-order valence-corrected chi connectivity index (χ3v) is 5.72. The molecule has 136 valence electrons. The van der Waals surface area contributed by atoms with Crippen LogP contribution in [0.2, 0.25) is 0 Å². The van der Waals surface area contributed by atoms with Crippen LogP contribution in [0.15, 0.2) is 48.5 Å². The maximum Gasteiger partial charge on any atom is 0.253 e. The molecule has 0 saturated carbocycles. The number of hydrogen-bond donors (Lipinski definition) is 2. The van der Waals surface area contributed by atoms with E-state index in [1.54, 1.807) is 36.4 Å². The lowest BCUT2D eigenvalue weighted by molar-refractivity contribution is -0.0817. The summed E-state index contributed by atoms with van der Waals surface area (Å²) in [5.41, 5.74) is 1.09. The molecular formula is C21H23FN2O2. The van der Waals surface area contributed by atoms with Crippen molar-refractivity contribution in [2.45, 2.75) is 18.4 Å². The zero-order chi connectivity index (χ0) is 18.1. The molecule has 4 rings (SSSR count). The van der Waals surface area contributed by atoms with Crippen LogP contribution in [0.1, 0.15) is 23.2 Å². The minimum atomic E-state index is -0.656. The van der Waals surface area contributed by atoms with Gasteiger partial charge in [0.05, 0.1) is 5.60 Å². The Morgan fingerprint density at radius 3 is 2.88 bits per heavy atom. The molecule has 0 bridgehead atoms. The van der Waals surface area contributed by atoms with E-state index in [2.05, 4.69) is 5.32 Å². The third-order valence-electron chi connectivity index (χ3n) is 5.72. The van der Waals surface area contributed by atoms with Gasteiger partial charge in [-0.15, -0.1) is 0 Å². The van der Waals surface area contributed by atoms with Crippen molar-refractivity contribution in [1.82, 2.24) is 10.2 Å². The first-order valence-electron chi connectivity index (χ1n) is 9.14. The molecule has 0 radical (unpaired) electrons. The van der Waals surface area contributed by atoms with Gasteiger partial charge in [0.15, 0.2) is 0 Å². The highest BCUT2D eigenvalue weighted by Gasteiger charge is 2.43. The van der Waals surface area contributed by atoms with E-state index >= 15 is 0 Å². The summed E-state index contributed by atoms with van der Waals surface area (Å²) in [6.07, 6.45) is 1.35. The Morgan fingerprint density at radius 1 is 1.19 bits per heavy atom. The predicted octanol–water partition coefficient (Wildman–Crippen LogP) is 2.68. The Morgan fingerprint density at radius 2 is 2.04 bits per heavy atom. The highest BCUT2D eigenvalue weighted by Crippen LogP contribution is 2.33. The number of likely N-dealkylation sites (tertiary alicyclic amines) is 1. The summed E-state index contributed by atoms with van der Waals surface area (Å²) in [5.74, 6) is -0.298. The molecule has 2 aliphatic rings. The number of halogens is 1. The molecule has 2 aliphatic heterocycles. The fourth-order valence-electron chi connectivity index (χ4n) is 4.11. The zero-order valence-corrected chi connectivity index (χ0v) is 14.6. The van der Waals surface area contributed by atoms with Gasteiger partial charge in [-0.1, -0.05) is 30.3 Å². The van der Waals surface area contributed by atoms with E-state index in [0.717, 1.165) is 19.5 Å². The van der Waals surface area contributed by atoms with E-state index < -0.39 is 5.60 Å². The highest BCUT2D eigenvalue weighted by atomic mass is 19.1. The summed E-state index contributed by atoms with van der Waals surface area (Å²) in [6, 6.07) is 13.7. The second kappa shape index (κ2) is 6.82. The fraction of sp³-hybridized carbons (Fsp3) is 0.381. The number of aliphatic hydroxyl groups is 1. The Balaban J connectivity index is 1.56. The largest absolute Gasteiger partial charge is 0.389 e. The number of rotatable bonds is 2. The van der Waals surface area contributed by atoms with Crippen molar-refractivity contribution < 1.29 is 14.3 Å². The van der Waals surface area contributed by atoms with Crippen LogP contribution in [0, 0.1) is 11.7 Å². The lowest BCUT2D eigenvalue weighted by atomic mass is 9.76. The van der Waals surface area contributed by atoms with Crippen LogP contribution in [-0.4, -0.2) is 47.7 Å². The Labute approximate surface area is 152 Å². The molecule has 0 unspecified atom stereocenters. The highest BCUT2D eigenvalue weighted by molar-refractivity contribution is 5.95. The van der Waals surface area contributed by atoms with Gasteiger partial charge in [0.25, 0.3) is 5.91 Å². The summed E-state index contributed by atoms with van der Waals surface area (Å²) in [4.78, 5) is 14.8. The fourth-order valence-corrected chi connectivity index (χ4v) is 4.11. The first kappa shape index (κ1) is 17.2. The normalized spacial score (nSPS) is 25.6. The molecule has 0 aromatic heterocycles. The molecule has 2 heterocycles. The van der Waals surface area contributed by atoms with Gasteiger partial charge in [-0.3, -0.25) is 4.79 Å². The lowest BCUT2D eigenvalue weighted by Gasteiger charge is -2.47. The summed E-state index contributed by atoms with van der Waals surface area (Å²) in [6.45, 7) is 2.66. The Hall–Kier alpha value is -2.24. The van der Waals surface area contributed by atoms with Crippen molar-refractivity contribution in [3.63, 3.8) is 0 Å². The number of fused-ring (bicyclic) bond motifs is 1. The first-order valence-corrected chi connectivity index (χ1v) is 9.14. The average Bonchev–Trinajstić information content (AvgIpc) is 2.67. The van der Waals surface area contributed by atoms with E-state index in [0.29, 0.717) is 36.2 Å². The van der Waals surface area contributed by atoms with Gasteiger partial charge in [0.1, 0.15) is 5.82 Å². The quantitative estimate of drug-likeness (QED) is 0.872. The molecule has 2 atom stereocenters. The molecule has 2 aromatic carbocycles. The second-order valence-corrected chi connectivity index (χ2v) is 7.32. The van der Waals surface area contributed by atoms with Gasteiger partial charge in [-0.2, -0.15) is 0 Å². The topological polar surface area (TPSA) is 52.6 Å². The van der Waals surface area contributed by atoms with E-state index in [1.165, 1.54) is 6.07 Å². The van der Waals surface area contributed by atoms with Crippen LogP contribution in [0.3, 0.4) is 0 Å². The molecule has 2 N–H and O–H groups in total. The van der Waals surface area contributed by atoms with E-state index in [-0.39, 0.29) is 17.6 Å². The SMILES string of the molecule is O=C(c1cccc(-c2ccccc2F)c1)N1CC[C@]2(O)CCNC[C@@H]2C1. The number of nitrogens with one attached hydrogen (secondary N) is 1. The molecule has 2 aromatic rings. The number of nitrogens with zero attached hydrogens (tertiary/aromatic N) is 1. The number of carbonyl (C=O) groups excluding carboxylic acids is 1. The first-order chi connectivity index (χ1) is 12.6. The lowest BCUT2D eigenvalue weighted by Crippen LogP contribution is -2.59. The molecule has 0 aliphatic carbocycles. The monoisotopic (exact) mass is 354 g/mol. The standard InChI is InChI=1S/C21H23FN2O2/c22-19-7-2-1-6-18(19)15-4-3-5-16(12-15)20(25)24-11-9-21(26)8-10-23-13-17(21)14-24/h1-7,12,17,23,26H,8-11,13-14H2/t17-,21-/m1/s1. The van der Waals surface area contributed by atoms with Crippen molar-refractivity contribution in [1.29, 1.82) is 0 Å². The van der Waals surface area contributed by atoms with Gasteiger partial charge in [0, 0.05) is 36.7 Å². The second-order valence-electron chi connectivity index (χ2n) is 7.32. The zero-order valence-electron chi connectivity index (χ0n) is 14.6. The van der Waals surface area contributed by atoms with Crippen molar-refractivity contribution in [2.24, 2.45) is 5.92 Å². The minimum absolute atomic E-state index is 0.0590. The van der Waals surface area contributed by atoms with Crippen molar-refractivity contribution >= 4 is 5.91 Å². The van der Waals surface area contributed by atoms with Crippen molar-refractivity contribution in [2.75, 3.05) is 26.2 Å². The summed E-state index contributed by atoms with van der Waals surface area (Å²) in [5, 5.41) is 14.1. The van der Waals surface area contributed by atoms with E-state index in [1.807, 2.05) is 11.0 Å². The molecule has 4 nitrogen and oxygen atoms in total. The minimum Gasteiger partial charge on any atom is -0.389 e. The van der Waals surface area contributed by atoms with Crippen LogP contribution in [0.5, 0.6) is 0 Å². The molecule has 5 heteroatoms. The van der Waals surface area contributed by atoms with Gasteiger partial charge >= 0.3 is 0 Å². The summed E-state index contributed by atoms with van der Waals surface area (Å²) < 4.78 is 14.1. The van der Waals surface area contributed by atoms with Gasteiger partial charge in [-0.25, -0.2) is 4.39 Å². The molecule has 0 spiro atoms. The van der Waals surface area contributed by atoms with Crippen molar-refractivity contribution in [3.8, 4) is 11.1 Å². The van der Waals surface area contributed by atoms with Gasteiger partial charge in [0.2, 0.25) is 0 Å².